The average molecular weight is 356 g/mol. The van der Waals surface area contributed by atoms with Crippen molar-refractivity contribution in [2.75, 3.05) is 19.6 Å². The zero-order chi connectivity index (χ0) is 18.3. The van der Waals surface area contributed by atoms with Crippen LogP contribution in [-0.4, -0.2) is 48.1 Å². The topological polar surface area (TPSA) is 58.6 Å². The molecular formula is C21H28N2O3. The molecule has 3 fully saturated rings. The Morgan fingerprint density at radius 1 is 1.35 bits per heavy atom. The van der Waals surface area contributed by atoms with Crippen molar-refractivity contribution in [1.82, 2.24) is 10.2 Å². The number of carbonyl (C=O) groups is 2. The molecule has 0 aromatic heterocycles. The molecule has 1 aromatic rings. The number of hydrogen-bond donors (Lipinski definition) is 1. The van der Waals surface area contributed by atoms with E-state index in [-0.39, 0.29) is 23.5 Å². The standard InChI is InChI=1S/C21H28N2O3/c1-3-20(25)23-12-17-16(18-8-9-21(17,13-23)26-18)11-22-19(24)10-15-7-5-4-6-14(15)2/h4-7,16-18H,3,8-13H2,1-2H3,(H,22,24)/t16-,17+,18+,21+/m0/s1. The molecule has 1 spiro atoms. The van der Waals surface area contributed by atoms with E-state index < -0.39 is 0 Å². The highest BCUT2D eigenvalue weighted by Gasteiger charge is 2.63. The van der Waals surface area contributed by atoms with Crippen molar-refractivity contribution in [3.8, 4) is 0 Å². The number of ether oxygens (including phenoxy) is 1. The van der Waals surface area contributed by atoms with E-state index in [4.69, 9.17) is 4.74 Å². The number of nitrogens with one attached hydrogen (secondary N) is 1. The molecule has 5 nitrogen and oxygen atoms in total. The summed E-state index contributed by atoms with van der Waals surface area (Å²) in [6, 6.07) is 8.01. The number of rotatable bonds is 5. The Bertz CT molecular complexity index is 719. The maximum absolute atomic E-state index is 12.4. The summed E-state index contributed by atoms with van der Waals surface area (Å²) < 4.78 is 6.35. The van der Waals surface area contributed by atoms with Gasteiger partial charge in [0.15, 0.2) is 0 Å². The van der Waals surface area contributed by atoms with Gasteiger partial charge in [0, 0.05) is 31.3 Å². The number of carbonyl (C=O) groups excluding carboxylic acids is 2. The molecule has 26 heavy (non-hydrogen) atoms. The molecule has 1 N–H and O–H groups in total. The molecule has 0 radical (unpaired) electrons. The predicted octanol–water partition coefficient (Wildman–Crippen LogP) is 2.07. The van der Waals surface area contributed by atoms with Crippen molar-refractivity contribution in [3.05, 3.63) is 35.4 Å². The van der Waals surface area contributed by atoms with Crippen LogP contribution in [-0.2, 0) is 20.7 Å². The Balaban J connectivity index is 1.37. The summed E-state index contributed by atoms with van der Waals surface area (Å²) in [7, 11) is 0. The molecule has 0 aliphatic carbocycles. The molecule has 3 aliphatic heterocycles. The molecule has 140 valence electrons. The summed E-state index contributed by atoms with van der Waals surface area (Å²) in [5.41, 5.74) is 2.07. The second-order valence-electron chi connectivity index (χ2n) is 8.07. The highest BCUT2D eigenvalue weighted by atomic mass is 16.5. The first-order chi connectivity index (χ1) is 12.5. The van der Waals surface area contributed by atoms with Gasteiger partial charge in [-0.05, 0) is 30.9 Å². The summed E-state index contributed by atoms with van der Waals surface area (Å²) in [6.07, 6.45) is 3.29. The van der Waals surface area contributed by atoms with E-state index in [0.29, 0.717) is 31.2 Å². The van der Waals surface area contributed by atoms with E-state index in [9.17, 15) is 9.59 Å². The van der Waals surface area contributed by atoms with Crippen LogP contribution in [0.2, 0.25) is 0 Å². The second-order valence-corrected chi connectivity index (χ2v) is 8.07. The van der Waals surface area contributed by atoms with Gasteiger partial charge in [-0.2, -0.15) is 0 Å². The van der Waals surface area contributed by atoms with Crippen LogP contribution in [0.3, 0.4) is 0 Å². The lowest BCUT2D eigenvalue weighted by atomic mass is 9.73. The van der Waals surface area contributed by atoms with Gasteiger partial charge in [-0.3, -0.25) is 9.59 Å². The number of nitrogens with zero attached hydrogens (tertiary/aromatic N) is 1. The number of fused-ring (bicyclic) bond motifs is 1. The lowest BCUT2D eigenvalue weighted by molar-refractivity contribution is -0.131. The van der Waals surface area contributed by atoms with Crippen molar-refractivity contribution in [2.24, 2.45) is 11.8 Å². The fraction of sp³-hybridized carbons (Fsp3) is 0.619. The van der Waals surface area contributed by atoms with Crippen molar-refractivity contribution >= 4 is 11.8 Å². The Hall–Kier alpha value is -1.88. The predicted molar refractivity (Wildman–Crippen MR) is 98.6 cm³/mol. The summed E-state index contributed by atoms with van der Waals surface area (Å²) >= 11 is 0. The van der Waals surface area contributed by atoms with Crippen molar-refractivity contribution in [1.29, 1.82) is 0 Å². The minimum absolute atomic E-state index is 0.0654. The molecule has 2 amide bonds. The second kappa shape index (κ2) is 6.69. The minimum Gasteiger partial charge on any atom is -0.369 e. The van der Waals surface area contributed by atoms with Gasteiger partial charge in [-0.1, -0.05) is 31.2 Å². The molecule has 1 aromatic carbocycles. The van der Waals surface area contributed by atoms with Crippen LogP contribution in [0.25, 0.3) is 0 Å². The summed E-state index contributed by atoms with van der Waals surface area (Å²) in [4.78, 5) is 26.5. The summed E-state index contributed by atoms with van der Waals surface area (Å²) in [5.74, 6) is 0.952. The quantitative estimate of drug-likeness (QED) is 0.879. The van der Waals surface area contributed by atoms with E-state index in [1.807, 2.05) is 43.0 Å². The average Bonchev–Trinajstić information content (AvgIpc) is 3.29. The van der Waals surface area contributed by atoms with Crippen LogP contribution < -0.4 is 5.32 Å². The molecule has 4 atom stereocenters. The maximum atomic E-state index is 12.4. The largest absolute Gasteiger partial charge is 0.369 e. The smallest absolute Gasteiger partial charge is 0.224 e. The third-order valence-corrected chi connectivity index (χ3v) is 6.59. The molecule has 0 unspecified atom stereocenters. The molecule has 5 heteroatoms. The Labute approximate surface area is 155 Å². The van der Waals surface area contributed by atoms with E-state index >= 15 is 0 Å². The van der Waals surface area contributed by atoms with Crippen LogP contribution in [0.1, 0.15) is 37.3 Å². The van der Waals surface area contributed by atoms with Crippen LogP contribution in [0.15, 0.2) is 24.3 Å². The van der Waals surface area contributed by atoms with E-state index in [2.05, 4.69) is 5.32 Å². The van der Waals surface area contributed by atoms with Crippen LogP contribution in [0.5, 0.6) is 0 Å². The van der Waals surface area contributed by atoms with Crippen molar-refractivity contribution in [3.63, 3.8) is 0 Å². The molecule has 3 heterocycles. The van der Waals surface area contributed by atoms with Gasteiger partial charge in [-0.15, -0.1) is 0 Å². The fourth-order valence-electron chi connectivity index (χ4n) is 5.15. The number of aryl methyl sites for hydroxylation is 1. The number of likely N-dealkylation sites (tertiary alicyclic amines) is 1. The van der Waals surface area contributed by atoms with Crippen LogP contribution in [0, 0.1) is 18.8 Å². The lowest BCUT2D eigenvalue weighted by Gasteiger charge is -2.29. The van der Waals surface area contributed by atoms with E-state index in [1.165, 1.54) is 0 Å². The third-order valence-electron chi connectivity index (χ3n) is 6.59. The monoisotopic (exact) mass is 356 g/mol. The van der Waals surface area contributed by atoms with Crippen LogP contribution in [0.4, 0.5) is 0 Å². The summed E-state index contributed by atoms with van der Waals surface area (Å²) in [5, 5.41) is 3.13. The van der Waals surface area contributed by atoms with E-state index in [0.717, 1.165) is 37.1 Å². The highest BCUT2D eigenvalue weighted by Crippen LogP contribution is 2.54. The first kappa shape index (κ1) is 17.5. The molecule has 3 aliphatic rings. The van der Waals surface area contributed by atoms with Gasteiger partial charge in [-0.25, -0.2) is 0 Å². The van der Waals surface area contributed by atoms with Crippen molar-refractivity contribution in [2.45, 2.75) is 51.2 Å². The molecule has 4 rings (SSSR count). The zero-order valence-electron chi connectivity index (χ0n) is 15.7. The number of hydrogen-bond acceptors (Lipinski definition) is 3. The van der Waals surface area contributed by atoms with E-state index in [1.54, 1.807) is 0 Å². The molecular weight excluding hydrogens is 328 g/mol. The van der Waals surface area contributed by atoms with Gasteiger partial charge >= 0.3 is 0 Å². The fourth-order valence-corrected chi connectivity index (χ4v) is 5.15. The number of amides is 2. The first-order valence-electron chi connectivity index (χ1n) is 9.79. The van der Waals surface area contributed by atoms with Gasteiger partial charge in [0.2, 0.25) is 11.8 Å². The lowest BCUT2D eigenvalue weighted by Crippen LogP contribution is -2.42. The zero-order valence-corrected chi connectivity index (χ0v) is 15.7. The third kappa shape index (κ3) is 2.92. The highest BCUT2D eigenvalue weighted by molar-refractivity contribution is 5.79. The molecule has 0 saturated carbocycles. The van der Waals surface area contributed by atoms with Crippen molar-refractivity contribution < 1.29 is 14.3 Å². The Morgan fingerprint density at radius 2 is 2.15 bits per heavy atom. The van der Waals surface area contributed by atoms with Crippen LogP contribution >= 0.6 is 0 Å². The number of benzene rings is 1. The van der Waals surface area contributed by atoms with Gasteiger partial charge in [0.05, 0.1) is 24.7 Å². The maximum Gasteiger partial charge on any atom is 0.224 e. The SMILES string of the molecule is CCC(=O)N1C[C@@H]2[C@H](CNC(=O)Cc3ccccc3C)[C@H]3CC[C@]2(C1)O3. The molecule has 3 saturated heterocycles. The first-order valence-corrected chi connectivity index (χ1v) is 9.79. The Morgan fingerprint density at radius 3 is 2.92 bits per heavy atom. The Kier molecular flexibility index (Phi) is 4.51. The molecule has 2 bridgehead atoms. The van der Waals surface area contributed by atoms with Gasteiger partial charge in [0.25, 0.3) is 0 Å². The van der Waals surface area contributed by atoms with Gasteiger partial charge in [0.1, 0.15) is 0 Å². The minimum atomic E-state index is -0.152. The normalized spacial score (nSPS) is 31.9. The van der Waals surface area contributed by atoms with Gasteiger partial charge < -0.3 is 15.0 Å². The summed E-state index contributed by atoms with van der Waals surface area (Å²) in [6.45, 7) is 6.11.